The van der Waals surface area contributed by atoms with E-state index in [9.17, 15) is 66.1 Å². The number of aromatic hydroxyl groups is 2. The second-order valence-corrected chi connectivity index (χ2v) is 12.9. The first kappa shape index (κ1) is 39.0. The van der Waals surface area contributed by atoms with Crippen molar-refractivity contribution in [1.29, 1.82) is 0 Å². The van der Waals surface area contributed by atoms with Gasteiger partial charge in [-0.3, -0.25) is 4.79 Å². The predicted octanol–water partition coefficient (Wildman–Crippen LogP) is -3.92. The van der Waals surface area contributed by atoms with E-state index in [2.05, 4.69) is 0 Å². The molecule has 12 N–H and O–H groups in total. The maximum atomic E-state index is 13.4. The van der Waals surface area contributed by atoms with Gasteiger partial charge in [-0.05, 0) is 31.2 Å². The van der Waals surface area contributed by atoms with E-state index in [0.717, 1.165) is 12.1 Å². The highest BCUT2D eigenvalue weighted by Gasteiger charge is 2.51. The lowest BCUT2D eigenvalue weighted by molar-refractivity contribution is -0.349. The number of ether oxygens (including phenoxy) is 6. The van der Waals surface area contributed by atoms with Gasteiger partial charge < -0.3 is 94.1 Å². The molecule has 20 nitrogen and oxygen atoms in total. The van der Waals surface area contributed by atoms with Crippen molar-refractivity contribution in [2.75, 3.05) is 13.2 Å². The zero-order chi connectivity index (χ0) is 38.5. The zero-order valence-corrected chi connectivity index (χ0v) is 27.7. The Morgan fingerprint density at radius 2 is 1.21 bits per heavy atom. The van der Waals surface area contributed by atoms with E-state index in [4.69, 9.17) is 32.8 Å². The Kier molecular flexibility index (Phi) is 11.5. The summed E-state index contributed by atoms with van der Waals surface area (Å²) in [5.74, 6) is -2.29. The smallest absolute Gasteiger partial charge is 0.229 e. The highest BCUT2D eigenvalue weighted by atomic mass is 16.7. The lowest BCUT2D eigenvalue weighted by atomic mass is 9.97. The fourth-order valence-electron chi connectivity index (χ4n) is 6.26. The zero-order valence-electron chi connectivity index (χ0n) is 27.7. The first-order chi connectivity index (χ1) is 25.1. The fourth-order valence-corrected chi connectivity index (χ4v) is 6.26. The molecule has 20 heteroatoms. The molecular weight excluding hydrogens is 716 g/mol. The average molecular weight is 757 g/mol. The molecule has 15 atom stereocenters. The van der Waals surface area contributed by atoms with Crippen LogP contribution in [0.15, 0.2) is 45.6 Å². The third kappa shape index (κ3) is 7.39. The van der Waals surface area contributed by atoms with Crippen LogP contribution in [0.5, 0.6) is 23.0 Å². The number of fused-ring (bicyclic) bond motifs is 1. The van der Waals surface area contributed by atoms with Crippen LogP contribution in [0.3, 0.4) is 0 Å². The highest BCUT2D eigenvalue weighted by Crippen LogP contribution is 2.45. The lowest BCUT2D eigenvalue weighted by Gasteiger charge is -2.45. The molecule has 1 aromatic heterocycles. The Bertz CT molecular complexity index is 1780. The number of aliphatic hydroxyl groups excluding tert-OH is 10. The van der Waals surface area contributed by atoms with Crippen molar-refractivity contribution in [2.45, 2.75) is 99.0 Å². The average Bonchev–Trinajstić information content (AvgIpc) is 3.13. The molecule has 0 amide bonds. The normalized spacial score (nSPS) is 37.8. The van der Waals surface area contributed by atoms with Crippen LogP contribution in [0.2, 0.25) is 0 Å². The molecule has 3 fully saturated rings. The summed E-state index contributed by atoms with van der Waals surface area (Å²) in [6.45, 7) is -0.223. The van der Waals surface area contributed by atoms with E-state index in [1.165, 1.54) is 31.2 Å². The van der Waals surface area contributed by atoms with E-state index >= 15 is 0 Å². The lowest BCUT2D eigenvalue weighted by Crippen LogP contribution is -2.64. The molecule has 3 aromatic rings. The number of rotatable bonds is 9. The Balaban J connectivity index is 1.34. The van der Waals surface area contributed by atoms with Crippen LogP contribution in [-0.4, -0.2) is 167 Å². The second-order valence-electron chi connectivity index (χ2n) is 12.9. The highest BCUT2D eigenvalue weighted by molar-refractivity contribution is 5.89. The summed E-state index contributed by atoms with van der Waals surface area (Å²) in [4.78, 5) is 13.4. The quantitative estimate of drug-likeness (QED) is 0.0992. The Hall–Kier alpha value is -3.71. The molecule has 0 bridgehead atoms. The van der Waals surface area contributed by atoms with E-state index in [1.54, 1.807) is 0 Å². The standard InChI is InChI=1S/C33H40O20/c1-10-29(52-33-27(45)24(42)21(39)18(9-35)51-33)25(43)28(46)31(47-10)53-30-16(49-32-26(44)23(41)20(38)17(8-34)50-32)7-15-19(22(30)40)13(37)6-14(48-15)11-2-4-12(36)5-3-11/h2-7,10,17-18,20-21,23-29,31-36,38-46H,8-9H2,1H3. The molecule has 2 aromatic carbocycles. The van der Waals surface area contributed by atoms with Gasteiger partial charge in [-0.2, -0.15) is 0 Å². The molecule has 0 aliphatic carbocycles. The molecule has 3 saturated heterocycles. The third-order valence-corrected chi connectivity index (χ3v) is 9.31. The summed E-state index contributed by atoms with van der Waals surface area (Å²) in [5.41, 5.74) is -0.765. The van der Waals surface area contributed by atoms with Gasteiger partial charge in [0, 0.05) is 17.7 Å². The summed E-state index contributed by atoms with van der Waals surface area (Å²) in [5, 5.41) is 124. The van der Waals surface area contributed by atoms with Crippen molar-refractivity contribution < 1.29 is 94.1 Å². The molecule has 15 unspecified atom stereocenters. The van der Waals surface area contributed by atoms with Gasteiger partial charge in [-0.1, -0.05) is 0 Å². The van der Waals surface area contributed by atoms with Crippen LogP contribution in [-0.2, 0) is 18.9 Å². The minimum Gasteiger partial charge on any atom is -0.508 e. The summed E-state index contributed by atoms with van der Waals surface area (Å²) >= 11 is 0. The number of hydrogen-bond donors (Lipinski definition) is 12. The fraction of sp³-hybridized carbons (Fsp3) is 0.545. The minimum absolute atomic E-state index is 0.0113. The third-order valence-electron chi connectivity index (χ3n) is 9.31. The molecule has 6 rings (SSSR count). The van der Waals surface area contributed by atoms with Crippen molar-refractivity contribution in [3.05, 3.63) is 46.6 Å². The number of phenols is 2. The van der Waals surface area contributed by atoms with Gasteiger partial charge in [0.15, 0.2) is 23.2 Å². The van der Waals surface area contributed by atoms with Crippen LogP contribution < -0.4 is 14.9 Å². The minimum atomic E-state index is -2.02. The van der Waals surface area contributed by atoms with E-state index in [0.29, 0.717) is 5.56 Å². The predicted molar refractivity (Wildman–Crippen MR) is 171 cm³/mol. The van der Waals surface area contributed by atoms with Crippen molar-refractivity contribution in [2.24, 2.45) is 0 Å². The number of hydrogen-bond acceptors (Lipinski definition) is 20. The molecule has 0 radical (unpaired) electrons. The molecule has 53 heavy (non-hydrogen) atoms. The van der Waals surface area contributed by atoms with Gasteiger partial charge >= 0.3 is 0 Å². The Labute approximate surface area is 298 Å². The topological polar surface area (TPSA) is 328 Å². The second kappa shape index (κ2) is 15.6. The van der Waals surface area contributed by atoms with Crippen LogP contribution in [0.1, 0.15) is 6.92 Å². The first-order valence-electron chi connectivity index (χ1n) is 16.4. The van der Waals surface area contributed by atoms with Gasteiger partial charge in [-0.15, -0.1) is 0 Å². The summed E-state index contributed by atoms with van der Waals surface area (Å²) in [7, 11) is 0. The Morgan fingerprint density at radius 1 is 0.660 bits per heavy atom. The SMILES string of the molecule is CC1OC(Oc2c(OC3OC(CO)C(O)C(O)C3O)cc3oc(-c4ccc(O)cc4)cc(=O)c3c2O)C(O)C(O)C1OC1OC(CO)C(O)C(O)C1O. The number of phenolic OH excluding ortho intramolecular Hbond substituents is 2. The molecule has 0 spiro atoms. The molecule has 292 valence electrons. The van der Waals surface area contributed by atoms with Crippen molar-refractivity contribution in [1.82, 2.24) is 0 Å². The van der Waals surface area contributed by atoms with Crippen LogP contribution in [0.4, 0.5) is 0 Å². The van der Waals surface area contributed by atoms with Crippen LogP contribution >= 0.6 is 0 Å². The Morgan fingerprint density at radius 3 is 1.81 bits per heavy atom. The molecule has 4 heterocycles. The van der Waals surface area contributed by atoms with Gasteiger partial charge in [0.1, 0.15) is 89.6 Å². The van der Waals surface area contributed by atoms with Crippen molar-refractivity contribution in [3.63, 3.8) is 0 Å². The van der Waals surface area contributed by atoms with Crippen LogP contribution in [0, 0.1) is 0 Å². The maximum Gasteiger partial charge on any atom is 0.229 e. The molecular formula is C33H40O20. The van der Waals surface area contributed by atoms with Crippen LogP contribution in [0.25, 0.3) is 22.3 Å². The largest absolute Gasteiger partial charge is 0.508 e. The molecule has 3 aliphatic heterocycles. The van der Waals surface area contributed by atoms with E-state index in [1.807, 2.05) is 0 Å². The molecule has 0 saturated carbocycles. The van der Waals surface area contributed by atoms with Gasteiger partial charge in [-0.25, -0.2) is 0 Å². The number of benzene rings is 2. The van der Waals surface area contributed by atoms with E-state index < -0.39 is 133 Å². The van der Waals surface area contributed by atoms with Gasteiger partial charge in [0.2, 0.25) is 18.3 Å². The number of aliphatic hydroxyl groups is 10. The summed E-state index contributed by atoms with van der Waals surface area (Å²) < 4.78 is 39.6. The maximum absolute atomic E-state index is 13.4. The van der Waals surface area contributed by atoms with Gasteiger partial charge in [0.05, 0.1) is 19.3 Å². The van der Waals surface area contributed by atoms with E-state index in [-0.39, 0.29) is 17.1 Å². The first-order valence-corrected chi connectivity index (χ1v) is 16.4. The van der Waals surface area contributed by atoms with Gasteiger partial charge in [0.25, 0.3) is 0 Å². The monoisotopic (exact) mass is 756 g/mol. The van der Waals surface area contributed by atoms with Crippen molar-refractivity contribution >= 4 is 11.0 Å². The van der Waals surface area contributed by atoms with Crippen molar-refractivity contribution in [3.8, 4) is 34.3 Å². The molecule has 3 aliphatic rings. The summed E-state index contributed by atoms with van der Waals surface area (Å²) in [6.07, 6.45) is -25.8. The summed E-state index contributed by atoms with van der Waals surface area (Å²) in [6, 6.07) is 7.65.